The molecule has 0 spiro atoms. The molecule has 0 unspecified atom stereocenters. The average molecular weight is 331 g/mol. The normalized spacial score (nSPS) is 11.6. The highest BCUT2D eigenvalue weighted by atomic mass is 14.2. The van der Waals surface area contributed by atoms with Gasteiger partial charge in [-0.2, -0.15) is 0 Å². The maximum Gasteiger partial charge on any atom is -0.0417 e. The van der Waals surface area contributed by atoms with Crippen molar-refractivity contribution >= 4 is 0 Å². The van der Waals surface area contributed by atoms with E-state index in [1.165, 1.54) is 70.6 Å². The lowest BCUT2D eigenvalue weighted by molar-refractivity contribution is 0.626. The Morgan fingerprint density at radius 1 is 0.609 bits per heavy atom. The molecule has 0 nitrogen and oxygen atoms in total. The van der Waals surface area contributed by atoms with E-state index in [1.54, 1.807) is 0 Å². The Morgan fingerprint density at radius 3 is 0.913 bits per heavy atom. The predicted octanol–water partition coefficient (Wildman–Crippen LogP) is 9.67. The van der Waals surface area contributed by atoms with E-state index in [1.807, 2.05) is 0 Å². The number of rotatable bonds is 6. The zero-order valence-electron chi connectivity index (χ0n) is 18.9. The molecule has 1 aliphatic carbocycles. The lowest BCUT2D eigenvalue weighted by Gasteiger charge is -1.90. The molecule has 0 aromatic carbocycles. The van der Waals surface area contributed by atoms with Crippen LogP contribution in [0.15, 0.2) is 0 Å². The number of unbranched alkanes of at least 4 members (excludes halogenated alkanes) is 4. The van der Waals surface area contributed by atoms with Crippen molar-refractivity contribution in [2.75, 3.05) is 0 Å². The minimum atomic E-state index is 0.884. The molecule has 0 aromatic heterocycles. The summed E-state index contributed by atoms with van der Waals surface area (Å²) in [6, 6.07) is 0. The molecule has 1 aliphatic rings. The SMILES string of the molecule is CCC(C)C.CCC1CC1.CCCC.CCCC.CCCCC. The summed E-state index contributed by atoms with van der Waals surface area (Å²) in [4.78, 5) is 0. The maximum atomic E-state index is 2.26. The molecule has 0 bridgehead atoms. The number of hydrogen-bond acceptors (Lipinski definition) is 0. The van der Waals surface area contributed by atoms with Gasteiger partial charge in [-0.05, 0) is 11.8 Å². The zero-order chi connectivity index (χ0) is 18.9. The average Bonchev–Trinajstić information content (AvgIpc) is 3.41. The van der Waals surface area contributed by atoms with Crippen LogP contribution >= 0.6 is 0 Å². The summed E-state index contributed by atoms with van der Waals surface area (Å²) >= 11 is 0. The monoisotopic (exact) mass is 330 g/mol. The molecule has 0 aliphatic heterocycles. The van der Waals surface area contributed by atoms with Gasteiger partial charge in [0.05, 0.1) is 0 Å². The van der Waals surface area contributed by atoms with Crippen molar-refractivity contribution in [1.82, 2.24) is 0 Å². The third-order valence-electron chi connectivity index (χ3n) is 3.80. The van der Waals surface area contributed by atoms with Crippen LogP contribution in [0.3, 0.4) is 0 Å². The fourth-order valence-electron chi connectivity index (χ4n) is 0.880. The highest BCUT2D eigenvalue weighted by Gasteiger charge is 2.17. The van der Waals surface area contributed by atoms with E-state index in [9.17, 15) is 0 Å². The van der Waals surface area contributed by atoms with Crippen molar-refractivity contribution in [3.8, 4) is 0 Å². The van der Waals surface area contributed by atoms with Gasteiger partial charge in [0.25, 0.3) is 0 Å². The highest BCUT2D eigenvalue weighted by Crippen LogP contribution is 2.31. The second-order valence-corrected chi connectivity index (χ2v) is 7.01. The Hall–Kier alpha value is 0. The summed E-state index contributed by atoms with van der Waals surface area (Å²) in [6.45, 7) is 22.1. The minimum absolute atomic E-state index is 0.884. The van der Waals surface area contributed by atoms with Crippen molar-refractivity contribution in [1.29, 1.82) is 0 Å². The second-order valence-electron chi connectivity index (χ2n) is 7.01. The van der Waals surface area contributed by atoms with Gasteiger partial charge in [0, 0.05) is 0 Å². The van der Waals surface area contributed by atoms with E-state index >= 15 is 0 Å². The van der Waals surface area contributed by atoms with E-state index in [0.29, 0.717) is 0 Å². The zero-order valence-corrected chi connectivity index (χ0v) is 18.9. The first-order chi connectivity index (χ1) is 10.9. The lowest BCUT2D eigenvalue weighted by Crippen LogP contribution is -1.77. The summed E-state index contributed by atoms with van der Waals surface area (Å²) in [7, 11) is 0. The summed E-state index contributed by atoms with van der Waals surface area (Å²) in [5.41, 5.74) is 0. The van der Waals surface area contributed by atoms with E-state index in [0.717, 1.165) is 11.8 Å². The molecule has 1 rings (SSSR count). The summed E-state index contributed by atoms with van der Waals surface area (Å²) < 4.78 is 0. The second kappa shape index (κ2) is 33.6. The van der Waals surface area contributed by atoms with Gasteiger partial charge in [0.2, 0.25) is 0 Å². The summed E-state index contributed by atoms with van der Waals surface area (Å²) in [5, 5.41) is 0. The van der Waals surface area contributed by atoms with Crippen LogP contribution in [-0.4, -0.2) is 0 Å². The lowest BCUT2D eigenvalue weighted by atomic mass is 10.2. The molecule has 0 atom stereocenters. The molecule has 146 valence electrons. The molecule has 0 amide bonds. The van der Waals surface area contributed by atoms with Gasteiger partial charge in [-0.25, -0.2) is 0 Å². The van der Waals surface area contributed by atoms with Gasteiger partial charge in [-0.3, -0.25) is 0 Å². The van der Waals surface area contributed by atoms with Crippen LogP contribution in [0.1, 0.15) is 140 Å². The van der Waals surface area contributed by atoms with Gasteiger partial charge in [0.15, 0.2) is 0 Å². The fourth-order valence-corrected chi connectivity index (χ4v) is 0.880. The van der Waals surface area contributed by atoms with Gasteiger partial charge in [-0.15, -0.1) is 0 Å². The Bertz CT molecular complexity index is 121. The molecule has 23 heavy (non-hydrogen) atoms. The van der Waals surface area contributed by atoms with E-state index in [-0.39, 0.29) is 0 Å². The summed E-state index contributed by atoms with van der Waals surface area (Å²) in [6.07, 6.45) is 15.1. The van der Waals surface area contributed by atoms with Crippen molar-refractivity contribution in [2.24, 2.45) is 11.8 Å². The van der Waals surface area contributed by atoms with Crippen LogP contribution in [0.4, 0.5) is 0 Å². The van der Waals surface area contributed by atoms with Crippen molar-refractivity contribution in [3.63, 3.8) is 0 Å². The van der Waals surface area contributed by atoms with E-state index in [4.69, 9.17) is 0 Å². The largest absolute Gasteiger partial charge is 0.0654 e. The molecule has 0 heteroatoms. The van der Waals surface area contributed by atoms with Crippen molar-refractivity contribution in [3.05, 3.63) is 0 Å². The number of hydrogen-bond donors (Lipinski definition) is 0. The standard InChI is InChI=1S/C5H10.2C5H12.2C4H10/c1-2-5-3-4-5;1-4-5(2)3;1-3-5-4-2;2*1-3-4-2/h5H,2-4H2,1H3;5H,4H2,1-3H3;3-5H2,1-2H3;2*3-4H2,1-2H3. The Morgan fingerprint density at radius 2 is 0.913 bits per heavy atom. The van der Waals surface area contributed by atoms with Gasteiger partial charge < -0.3 is 0 Å². The topological polar surface area (TPSA) is 0 Å². The highest BCUT2D eigenvalue weighted by molar-refractivity contribution is 4.69. The predicted molar refractivity (Wildman–Crippen MR) is 115 cm³/mol. The molecule has 1 fully saturated rings. The van der Waals surface area contributed by atoms with Gasteiger partial charge >= 0.3 is 0 Å². The maximum absolute atomic E-state index is 2.26. The van der Waals surface area contributed by atoms with Crippen molar-refractivity contribution < 1.29 is 0 Å². The first-order valence-electron chi connectivity index (χ1n) is 10.9. The molecule has 0 saturated heterocycles. The van der Waals surface area contributed by atoms with E-state index < -0.39 is 0 Å². The van der Waals surface area contributed by atoms with E-state index in [2.05, 4.69) is 69.2 Å². The molecular weight excluding hydrogens is 276 g/mol. The first kappa shape index (κ1) is 30.8. The van der Waals surface area contributed by atoms with Crippen LogP contribution in [0.25, 0.3) is 0 Å². The molecular formula is C23H54. The van der Waals surface area contributed by atoms with Crippen LogP contribution in [-0.2, 0) is 0 Å². The first-order valence-corrected chi connectivity index (χ1v) is 10.9. The van der Waals surface area contributed by atoms with Crippen LogP contribution < -0.4 is 0 Å². The summed E-state index contributed by atoms with van der Waals surface area (Å²) in [5.74, 6) is 2.02. The molecule has 0 N–H and O–H groups in total. The van der Waals surface area contributed by atoms with Gasteiger partial charge in [-0.1, -0.05) is 140 Å². The third kappa shape index (κ3) is 72.7. The fraction of sp³-hybridized carbons (Fsp3) is 1.00. The molecule has 0 aromatic rings. The Labute approximate surface area is 152 Å². The van der Waals surface area contributed by atoms with Crippen molar-refractivity contribution in [2.45, 2.75) is 140 Å². The Balaban J connectivity index is -0.0000000986. The van der Waals surface area contributed by atoms with Gasteiger partial charge in [0.1, 0.15) is 0 Å². The molecule has 0 heterocycles. The minimum Gasteiger partial charge on any atom is -0.0654 e. The molecule has 1 saturated carbocycles. The third-order valence-corrected chi connectivity index (χ3v) is 3.80. The van der Waals surface area contributed by atoms with Crippen LogP contribution in [0, 0.1) is 11.8 Å². The molecule has 0 radical (unpaired) electrons. The smallest absolute Gasteiger partial charge is 0.0417 e. The Kier molecular flexibility index (Phi) is 45.0. The quantitative estimate of drug-likeness (QED) is 0.454. The van der Waals surface area contributed by atoms with Crippen LogP contribution in [0.2, 0.25) is 0 Å². The van der Waals surface area contributed by atoms with Crippen LogP contribution in [0.5, 0.6) is 0 Å².